The van der Waals surface area contributed by atoms with E-state index in [4.69, 9.17) is 5.84 Å². The van der Waals surface area contributed by atoms with Gasteiger partial charge in [0, 0.05) is 0 Å². The predicted molar refractivity (Wildman–Crippen MR) is 46.2 cm³/mol. The largest absolute Gasteiger partial charge is 0.469 e. The van der Waals surface area contributed by atoms with Crippen LogP contribution in [0.1, 0.15) is 0 Å². The number of nitrogen functional groups attached to an aromatic ring is 1. The highest BCUT2D eigenvalue weighted by Gasteiger charge is 2.42. The Labute approximate surface area is 91.8 Å². The second-order valence-electron chi connectivity index (χ2n) is 2.84. The molecule has 0 atom stereocenters. The average molecular weight is 258 g/mol. The van der Waals surface area contributed by atoms with Crippen LogP contribution in [0, 0.1) is 5.82 Å². The van der Waals surface area contributed by atoms with Crippen LogP contribution in [0.3, 0.4) is 0 Å². The van der Waals surface area contributed by atoms with Crippen LogP contribution in [0.25, 0.3) is 0 Å². The van der Waals surface area contributed by atoms with Crippen molar-refractivity contribution in [3.05, 3.63) is 12.0 Å². The molecule has 0 radical (unpaired) electrons. The Morgan fingerprint density at radius 2 is 2.12 bits per heavy atom. The summed E-state index contributed by atoms with van der Waals surface area (Å²) >= 11 is 0. The maximum atomic E-state index is 12.9. The standard InChI is InChI=1S/C7H7F5N4O/c8-3-1-14-6(16-13)15-4(3)17-2-7(11,12)5(9)10/h1,5H,2,13H2,(H,14,15,16). The Morgan fingerprint density at radius 1 is 1.47 bits per heavy atom. The van der Waals surface area contributed by atoms with E-state index in [2.05, 4.69) is 14.7 Å². The summed E-state index contributed by atoms with van der Waals surface area (Å²) in [6.45, 7) is -1.71. The number of hydrogen-bond donors (Lipinski definition) is 2. The van der Waals surface area contributed by atoms with E-state index in [0.717, 1.165) is 0 Å². The first-order chi connectivity index (χ1) is 7.86. The Balaban J connectivity index is 2.75. The number of hydrazine groups is 1. The van der Waals surface area contributed by atoms with E-state index in [-0.39, 0.29) is 5.95 Å². The van der Waals surface area contributed by atoms with Gasteiger partial charge in [-0.1, -0.05) is 0 Å². The fourth-order valence-electron chi connectivity index (χ4n) is 0.750. The van der Waals surface area contributed by atoms with E-state index in [0.29, 0.717) is 6.20 Å². The second kappa shape index (κ2) is 5.08. The summed E-state index contributed by atoms with van der Waals surface area (Å²) in [5.41, 5.74) is 1.91. The van der Waals surface area contributed by atoms with Gasteiger partial charge in [0.1, 0.15) is 0 Å². The Bertz CT molecular complexity index is 389. The van der Waals surface area contributed by atoms with Crippen LogP contribution in [0.5, 0.6) is 5.88 Å². The number of alkyl halides is 4. The Hall–Kier alpha value is -1.71. The number of ether oxygens (including phenoxy) is 1. The Kier molecular flexibility index (Phi) is 3.99. The van der Waals surface area contributed by atoms with Crippen LogP contribution in [0.4, 0.5) is 27.9 Å². The van der Waals surface area contributed by atoms with Crippen LogP contribution in [-0.2, 0) is 0 Å². The highest BCUT2D eigenvalue weighted by atomic mass is 19.3. The van der Waals surface area contributed by atoms with Crippen molar-refractivity contribution in [1.29, 1.82) is 0 Å². The molecular formula is C7H7F5N4O. The van der Waals surface area contributed by atoms with Crippen LogP contribution in [-0.4, -0.2) is 28.9 Å². The SMILES string of the molecule is NNc1ncc(F)c(OCC(F)(F)C(F)F)n1. The molecule has 0 aliphatic rings. The number of nitrogens with zero attached hydrogens (tertiary/aromatic N) is 2. The van der Waals surface area contributed by atoms with Crippen molar-refractivity contribution < 1.29 is 26.7 Å². The lowest BCUT2D eigenvalue weighted by atomic mass is 10.4. The normalized spacial score (nSPS) is 11.7. The van der Waals surface area contributed by atoms with Crippen molar-refractivity contribution >= 4 is 5.95 Å². The van der Waals surface area contributed by atoms with Crippen molar-refractivity contribution in [2.75, 3.05) is 12.0 Å². The third-order valence-corrected chi connectivity index (χ3v) is 1.56. The molecule has 0 saturated carbocycles. The number of halogens is 5. The molecule has 0 bridgehead atoms. The molecule has 1 aromatic heterocycles. The third-order valence-electron chi connectivity index (χ3n) is 1.56. The summed E-state index contributed by atoms with van der Waals surface area (Å²) in [4.78, 5) is 6.53. The smallest absolute Gasteiger partial charge is 0.340 e. The van der Waals surface area contributed by atoms with Crippen molar-refractivity contribution in [3.63, 3.8) is 0 Å². The van der Waals surface area contributed by atoms with Crippen LogP contribution in [0.2, 0.25) is 0 Å². The summed E-state index contributed by atoms with van der Waals surface area (Å²) in [5.74, 6) is -1.89. The van der Waals surface area contributed by atoms with Crippen molar-refractivity contribution in [2.45, 2.75) is 12.3 Å². The quantitative estimate of drug-likeness (QED) is 0.471. The fourth-order valence-corrected chi connectivity index (χ4v) is 0.750. The number of anilines is 1. The van der Waals surface area contributed by atoms with E-state index in [1.807, 2.05) is 5.43 Å². The lowest BCUT2D eigenvalue weighted by Crippen LogP contribution is -2.34. The van der Waals surface area contributed by atoms with Gasteiger partial charge in [-0.3, -0.25) is 5.43 Å². The van der Waals surface area contributed by atoms with Gasteiger partial charge in [0.2, 0.25) is 11.8 Å². The molecular weight excluding hydrogens is 251 g/mol. The highest BCUT2D eigenvalue weighted by Crippen LogP contribution is 2.24. The summed E-state index contributed by atoms with van der Waals surface area (Å²) < 4.78 is 65.6. The maximum Gasteiger partial charge on any atom is 0.340 e. The molecule has 17 heavy (non-hydrogen) atoms. The topological polar surface area (TPSA) is 73.1 Å². The molecule has 0 aromatic carbocycles. The first-order valence-electron chi connectivity index (χ1n) is 4.14. The van der Waals surface area contributed by atoms with Crippen molar-refractivity contribution in [1.82, 2.24) is 9.97 Å². The van der Waals surface area contributed by atoms with Crippen molar-refractivity contribution in [3.8, 4) is 5.88 Å². The van der Waals surface area contributed by atoms with Crippen LogP contribution in [0.15, 0.2) is 6.20 Å². The summed E-state index contributed by atoms with van der Waals surface area (Å²) in [6, 6.07) is 0. The molecule has 0 fully saturated rings. The van der Waals surface area contributed by atoms with E-state index < -0.39 is 30.7 Å². The van der Waals surface area contributed by atoms with E-state index in [9.17, 15) is 22.0 Å². The molecule has 10 heteroatoms. The van der Waals surface area contributed by atoms with Crippen molar-refractivity contribution in [2.24, 2.45) is 5.84 Å². The summed E-state index contributed by atoms with van der Waals surface area (Å²) in [6.07, 6.45) is -3.32. The minimum absolute atomic E-state index is 0.304. The van der Waals surface area contributed by atoms with Gasteiger partial charge in [-0.2, -0.15) is 18.2 Å². The first kappa shape index (κ1) is 13.4. The van der Waals surface area contributed by atoms with Gasteiger partial charge in [0.05, 0.1) is 6.20 Å². The molecule has 0 aliphatic carbocycles. The zero-order valence-corrected chi connectivity index (χ0v) is 8.13. The van der Waals surface area contributed by atoms with Gasteiger partial charge in [-0.15, -0.1) is 0 Å². The van der Waals surface area contributed by atoms with E-state index in [1.54, 1.807) is 0 Å². The summed E-state index contributed by atoms with van der Waals surface area (Å²) in [5, 5.41) is 0. The minimum Gasteiger partial charge on any atom is -0.469 e. The Morgan fingerprint density at radius 3 is 2.65 bits per heavy atom. The minimum atomic E-state index is -4.40. The molecule has 1 aromatic rings. The first-order valence-corrected chi connectivity index (χ1v) is 4.14. The summed E-state index contributed by atoms with van der Waals surface area (Å²) in [7, 11) is 0. The van der Waals surface area contributed by atoms with Gasteiger partial charge in [0.15, 0.2) is 6.61 Å². The molecule has 96 valence electrons. The van der Waals surface area contributed by atoms with Gasteiger partial charge >= 0.3 is 12.3 Å². The maximum absolute atomic E-state index is 12.9. The molecule has 1 heterocycles. The molecule has 0 amide bonds. The number of hydrogen-bond acceptors (Lipinski definition) is 5. The number of aromatic nitrogens is 2. The van der Waals surface area contributed by atoms with E-state index >= 15 is 0 Å². The zero-order valence-electron chi connectivity index (χ0n) is 8.13. The van der Waals surface area contributed by atoms with Crippen LogP contribution >= 0.6 is 0 Å². The molecule has 0 spiro atoms. The average Bonchev–Trinajstić information content (AvgIpc) is 2.28. The molecule has 0 aliphatic heterocycles. The second-order valence-corrected chi connectivity index (χ2v) is 2.84. The lowest BCUT2D eigenvalue weighted by Gasteiger charge is -2.15. The predicted octanol–water partition coefficient (Wildman–Crippen LogP) is 1.18. The van der Waals surface area contributed by atoms with Gasteiger partial charge in [0.25, 0.3) is 5.88 Å². The van der Waals surface area contributed by atoms with E-state index in [1.165, 1.54) is 0 Å². The van der Waals surface area contributed by atoms with Gasteiger partial charge in [-0.25, -0.2) is 19.6 Å². The zero-order chi connectivity index (χ0) is 13.1. The molecule has 3 N–H and O–H groups in total. The fraction of sp³-hybridized carbons (Fsp3) is 0.429. The molecule has 5 nitrogen and oxygen atoms in total. The van der Waals surface area contributed by atoms with Crippen LogP contribution < -0.4 is 16.0 Å². The number of nitrogens with one attached hydrogen (secondary N) is 1. The lowest BCUT2D eigenvalue weighted by molar-refractivity contribution is -0.149. The highest BCUT2D eigenvalue weighted by molar-refractivity contribution is 5.26. The molecule has 0 unspecified atom stereocenters. The number of rotatable bonds is 5. The number of nitrogens with two attached hydrogens (primary N) is 1. The van der Waals surface area contributed by atoms with Gasteiger partial charge < -0.3 is 4.74 Å². The third kappa shape index (κ3) is 3.37. The monoisotopic (exact) mass is 258 g/mol. The molecule has 0 saturated heterocycles. The molecule has 1 rings (SSSR count). The van der Waals surface area contributed by atoms with Gasteiger partial charge in [-0.05, 0) is 0 Å².